The number of benzene rings is 1. The minimum Gasteiger partial charge on any atom is -0.481 e. The van der Waals surface area contributed by atoms with Gasteiger partial charge in [-0.25, -0.2) is 0 Å². The second-order valence-electron chi connectivity index (χ2n) is 4.42. The number of amides is 1. The average molecular weight is 304 g/mol. The SMILES string of the molecule is CC(C)C(=O)N(CCC(=O)O)c1cc(Cl)cc(Cl)c1. The van der Waals surface area contributed by atoms with Crippen LogP contribution in [-0.2, 0) is 9.59 Å². The van der Waals surface area contributed by atoms with Gasteiger partial charge in [0.1, 0.15) is 0 Å². The van der Waals surface area contributed by atoms with Crippen LogP contribution in [0.15, 0.2) is 18.2 Å². The van der Waals surface area contributed by atoms with Crippen molar-refractivity contribution < 1.29 is 14.7 Å². The summed E-state index contributed by atoms with van der Waals surface area (Å²) in [5, 5.41) is 9.55. The van der Waals surface area contributed by atoms with Crippen LogP contribution in [0, 0.1) is 5.92 Å². The maximum Gasteiger partial charge on any atom is 0.305 e. The number of hydrogen-bond acceptors (Lipinski definition) is 2. The average Bonchev–Trinajstić information content (AvgIpc) is 2.27. The Morgan fingerprint density at radius 2 is 1.74 bits per heavy atom. The standard InChI is InChI=1S/C13H15Cl2NO3/c1-8(2)13(19)16(4-3-12(17)18)11-6-9(14)5-10(15)7-11/h5-8H,3-4H2,1-2H3,(H,17,18). The summed E-state index contributed by atoms with van der Waals surface area (Å²) in [6.07, 6.45) is -0.136. The smallest absolute Gasteiger partial charge is 0.305 e. The Kier molecular flexibility index (Phi) is 5.63. The molecule has 0 aromatic heterocycles. The summed E-state index contributed by atoms with van der Waals surface area (Å²) in [7, 11) is 0. The highest BCUT2D eigenvalue weighted by atomic mass is 35.5. The van der Waals surface area contributed by atoms with E-state index in [0.717, 1.165) is 0 Å². The zero-order valence-corrected chi connectivity index (χ0v) is 12.2. The van der Waals surface area contributed by atoms with E-state index in [1.165, 1.54) is 4.90 Å². The maximum absolute atomic E-state index is 12.1. The number of hydrogen-bond donors (Lipinski definition) is 1. The number of carbonyl (C=O) groups excluding carboxylic acids is 1. The Morgan fingerprint density at radius 3 is 2.16 bits per heavy atom. The first kappa shape index (κ1) is 15.8. The fourth-order valence-corrected chi connectivity index (χ4v) is 2.10. The quantitative estimate of drug-likeness (QED) is 0.906. The van der Waals surface area contributed by atoms with E-state index in [4.69, 9.17) is 28.3 Å². The van der Waals surface area contributed by atoms with Crippen molar-refractivity contribution in [2.24, 2.45) is 5.92 Å². The predicted molar refractivity (Wildman–Crippen MR) is 75.9 cm³/mol. The van der Waals surface area contributed by atoms with Crippen LogP contribution in [0.25, 0.3) is 0 Å². The molecule has 19 heavy (non-hydrogen) atoms. The highest BCUT2D eigenvalue weighted by Crippen LogP contribution is 2.26. The Hall–Kier alpha value is -1.26. The van der Waals surface area contributed by atoms with Gasteiger partial charge in [0.25, 0.3) is 0 Å². The zero-order chi connectivity index (χ0) is 14.6. The molecule has 6 heteroatoms. The van der Waals surface area contributed by atoms with E-state index in [2.05, 4.69) is 0 Å². The number of carboxylic acids is 1. The molecule has 0 atom stereocenters. The van der Waals surface area contributed by atoms with Crippen LogP contribution in [-0.4, -0.2) is 23.5 Å². The summed E-state index contributed by atoms with van der Waals surface area (Å²) in [6.45, 7) is 3.59. The lowest BCUT2D eigenvalue weighted by Gasteiger charge is -2.24. The van der Waals surface area contributed by atoms with E-state index in [0.29, 0.717) is 15.7 Å². The maximum atomic E-state index is 12.1. The molecule has 0 heterocycles. The molecule has 0 unspecified atom stereocenters. The van der Waals surface area contributed by atoms with Crippen molar-refractivity contribution >= 4 is 40.8 Å². The van der Waals surface area contributed by atoms with Crippen LogP contribution in [0.5, 0.6) is 0 Å². The van der Waals surface area contributed by atoms with Gasteiger partial charge >= 0.3 is 5.97 Å². The van der Waals surface area contributed by atoms with Crippen molar-refractivity contribution in [3.05, 3.63) is 28.2 Å². The summed E-state index contributed by atoms with van der Waals surface area (Å²) >= 11 is 11.8. The molecule has 4 nitrogen and oxygen atoms in total. The summed E-state index contributed by atoms with van der Waals surface area (Å²) in [4.78, 5) is 24.2. The summed E-state index contributed by atoms with van der Waals surface area (Å²) < 4.78 is 0. The van der Waals surface area contributed by atoms with E-state index < -0.39 is 5.97 Å². The highest BCUT2D eigenvalue weighted by molar-refractivity contribution is 6.35. The molecule has 0 aliphatic carbocycles. The van der Waals surface area contributed by atoms with Crippen LogP contribution in [0.3, 0.4) is 0 Å². The third-order valence-electron chi connectivity index (χ3n) is 2.47. The van der Waals surface area contributed by atoms with Crippen molar-refractivity contribution in [1.29, 1.82) is 0 Å². The topological polar surface area (TPSA) is 57.6 Å². The third-order valence-corrected chi connectivity index (χ3v) is 2.90. The van der Waals surface area contributed by atoms with Gasteiger partial charge in [0.2, 0.25) is 5.91 Å². The summed E-state index contributed by atoms with van der Waals surface area (Å²) in [5.41, 5.74) is 0.512. The minimum atomic E-state index is -0.963. The monoisotopic (exact) mass is 303 g/mol. The van der Waals surface area contributed by atoms with Gasteiger partial charge in [-0.05, 0) is 18.2 Å². The van der Waals surface area contributed by atoms with Crippen LogP contribution in [0.4, 0.5) is 5.69 Å². The number of rotatable bonds is 5. The van der Waals surface area contributed by atoms with E-state index in [9.17, 15) is 9.59 Å². The van der Waals surface area contributed by atoms with Crippen LogP contribution < -0.4 is 4.90 Å². The molecular weight excluding hydrogens is 289 g/mol. The van der Waals surface area contributed by atoms with Gasteiger partial charge in [-0.1, -0.05) is 37.0 Å². The first-order chi connectivity index (χ1) is 8.81. The summed E-state index contributed by atoms with van der Waals surface area (Å²) in [5.74, 6) is -1.37. The van der Waals surface area contributed by atoms with Crippen molar-refractivity contribution in [2.45, 2.75) is 20.3 Å². The first-order valence-corrected chi connectivity index (χ1v) is 6.56. The fourth-order valence-electron chi connectivity index (χ4n) is 1.58. The molecule has 0 saturated carbocycles. The molecule has 0 fully saturated rings. The first-order valence-electron chi connectivity index (χ1n) is 5.80. The predicted octanol–water partition coefficient (Wildman–Crippen LogP) is 3.46. The number of carbonyl (C=O) groups is 2. The second kappa shape index (κ2) is 6.78. The second-order valence-corrected chi connectivity index (χ2v) is 5.29. The van der Waals surface area contributed by atoms with Gasteiger partial charge in [0, 0.05) is 28.2 Å². The van der Waals surface area contributed by atoms with Gasteiger partial charge in [0.15, 0.2) is 0 Å². The number of halogens is 2. The summed E-state index contributed by atoms with van der Waals surface area (Å²) in [6, 6.07) is 4.74. The van der Waals surface area contributed by atoms with Crippen LogP contribution in [0.1, 0.15) is 20.3 Å². The molecule has 0 bridgehead atoms. The Bertz CT molecular complexity index is 469. The lowest BCUT2D eigenvalue weighted by atomic mass is 10.1. The lowest BCUT2D eigenvalue weighted by molar-refractivity contribution is -0.136. The molecule has 1 rings (SSSR count). The van der Waals surface area contributed by atoms with E-state index >= 15 is 0 Å². The molecule has 0 saturated heterocycles. The van der Waals surface area contributed by atoms with Crippen molar-refractivity contribution in [2.75, 3.05) is 11.4 Å². The number of aliphatic carboxylic acids is 1. The molecular formula is C13H15Cl2NO3. The van der Waals surface area contributed by atoms with Gasteiger partial charge in [-0.2, -0.15) is 0 Å². The minimum absolute atomic E-state index is 0.0863. The van der Waals surface area contributed by atoms with Gasteiger partial charge < -0.3 is 10.0 Å². The van der Waals surface area contributed by atoms with Crippen LogP contribution in [0.2, 0.25) is 10.0 Å². The highest BCUT2D eigenvalue weighted by Gasteiger charge is 2.20. The van der Waals surface area contributed by atoms with Crippen molar-refractivity contribution in [3.8, 4) is 0 Å². The van der Waals surface area contributed by atoms with Gasteiger partial charge in [0.05, 0.1) is 6.42 Å². The van der Waals surface area contributed by atoms with Gasteiger partial charge in [-0.3, -0.25) is 9.59 Å². The normalized spacial score (nSPS) is 10.6. The van der Waals surface area contributed by atoms with E-state index in [-0.39, 0.29) is 24.8 Å². The molecule has 0 spiro atoms. The molecule has 1 aromatic rings. The molecule has 104 valence electrons. The largest absolute Gasteiger partial charge is 0.481 e. The van der Waals surface area contributed by atoms with Gasteiger partial charge in [-0.15, -0.1) is 0 Å². The Balaban J connectivity index is 3.07. The molecule has 1 amide bonds. The number of carboxylic acid groups (broad SMARTS) is 1. The molecule has 1 N–H and O–H groups in total. The van der Waals surface area contributed by atoms with Crippen molar-refractivity contribution in [1.82, 2.24) is 0 Å². The Labute approximate surface area is 121 Å². The van der Waals surface area contributed by atoms with E-state index in [1.807, 2.05) is 0 Å². The number of anilines is 1. The fraction of sp³-hybridized carbons (Fsp3) is 0.385. The molecule has 0 aliphatic heterocycles. The third kappa shape index (κ3) is 4.73. The van der Waals surface area contributed by atoms with Crippen molar-refractivity contribution in [3.63, 3.8) is 0 Å². The lowest BCUT2D eigenvalue weighted by Crippen LogP contribution is -2.36. The zero-order valence-electron chi connectivity index (χ0n) is 10.7. The number of nitrogens with zero attached hydrogens (tertiary/aromatic N) is 1. The van der Waals surface area contributed by atoms with E-state index in [1.54, 1.807) is 32.0 Å². The molecule has 0 aliphatic rings. The van der Waals surface area contributed by atoms with Crippen LogP contribution >= 0.6 is 23.2 Å². The molecule has 1 aromatic carbocycles. The molecule has 0 radical (unpaired) electrons. The Morgan fingerprint density at radius 1 is 1.21 bits per heavy atom.